The Balaban J connectivity index is 1.49. The van der Waals surface area contributed by atoms with Crippen LogP contribution in [0.15, 0.2) is 54.9 Å². The molecule has 8 nitrogen and oxygen atoms in total. The van der Waals surface area contributed by atoms with Crippen LogP contribution in [0.1, 0.15) is 10.4 Å². The molecular weight excluding hydrogens is 396 g/mol. The van der Waals surface area contributed by atoms with Crippen LogP contribution in [0.25, 0.3) is 11.3 Å². The van der Waals surface area contributed by atoms with E-state index in [0.29, 0.717) is 36.0 Å². The van der Waals surface area contributed by atoms with E-state index in [1.165, 1.54) is 0 Å². The second-order valence-corrected chi connectivity index (χ2v) is 6.96. The van der Waals surface area contributed by atoms with E-state index in [0.717, 1.165) is 30.2 Å². The average Bonchev–Trinajstić information content (AvgIpc) is 2.85. The molecule has 0 radical (unpaired) electrons. The van der Waals surface area contributed by atoms with Gasteiger partial charge in [-0.1, -0.05) is 12.1 Å². The van der Waals surface area contributed by atoms with Gasteiger partial charge in [-0.3, -0.25) is 4.79 Å². The van der Waals surface area contributed by atoms with Gasteiger partial charge in [0.1, 0.15) is 23.6 Å². The number of hydrogen-bond donors (Lipinski definition) is 1. The summed E-state index contributed by atoms with van der Waals surface area (Å²) >= 11 is 0. The zero-order chi connectivity index (χ0) is 21.6. The van der Waals surface area contributed by atoms with E-state index < -0.39 is 0 Å². The van der Waals surface area contributed by atoms with Crippen LogP contribution in [0.3, 0.4) is 0 Å². The van der Waals surface area contributed by atoms with Gasteiger partial charge in [0, 0.05) is 36.3 Å². The summed E-state index contributed by atoms with van der Waals surface area (Å²) in [6.45, 7) is 3.01. The van der Waals surface area contributed by atoms with Crippen molar-refractivity contribution < 1.29 is 19.0 Å². The van der Waals surface area contributed by atoms with E-state index in [2.05, 4.69) is 20.2 Å². The van der Waals surface area contributed by atoms with Crippen LogP contribution in [-0.2, 0) is 4.74 Å². The van der Waals surface area contributed by atoms with Crippen LogP contribution >= 0.6 is 0 Å². The lowest BCUT2D eigenvalue weighted by Crippen LogP contribution is -2.36. The van der Waals surface area contributed by atoms with Crippen molar-refractivity contribution in [3.63, 3.8) is 0 Å². The third kappa shape index (κ3) is 4.75. The summed E-state index contributed by atoms with van der Waals surface area (Å²) in [4.78, 5) is 23.7. The highest BCUT2D eigenvalue weighted by molar-refractivity contribution is 6.05. The molecule has 1 amide bonds. The number of ether oxygens (including phenoxy) is 3. The second kappa shape index (κ2) is 9.44. The number of benzene rings is 2. The predicted octanol–water partition coefficient (Wildman–Crippen LogP) is 3.25. The molecule has 3 aromatic rings. The second-order valence-electron chi connectivity index (χ2n) is 6.96. The Bertz CT molecular complexity index is 1050. The molecule has 0 atom stereocenters. The van der Waals surface area contributed by atoms with Crippen molar-refractivity contribution in [3.8, 4) is 22.8 Å². The molecule has 31 heavy (non-hydrogen) atoms. The maximum Gasteiger partial charge on any atom is 0.255 e. The number of carbonyl (C=O) groups excluding carboxylic acids is 1. The van der Waals surface area contributed by atoms with E-state index in [9.17, 15) is 4.79 Å². The Morgan fingerprint density at radius 2 is 1.77 bits per heavy atom. The number of rotatable bonds is 6. The monoisotopic (exact) mass is 420 g/mol. The SMILES string of the molecule is COc1ccc(NC(=O)c2ccc(-c3cc(N4CCOCC4)ncn3)cc2)c(OC)c1. The lowest BCUT2D eigenvalue weighted by molar-refractivity contribution is 0.102. The fraction of sp³-hybridized carbons (Fsp3) is 0.261. The Labute approximate surface area is 180 Å². The van der Waals surface area contributed by atoms with Gasteiger partial charge in [0.05, 0.1) is 38.8 Å². The number of carbonyl (C=O) groups is 1. The van der Waals surface area contributed by atoms with Crippen molar-refractivity contribution in [2.24, 2.45) is 0 Å². The van der Waals surface area contributed by atoms with Gasteiger partial charge in [-0.2, -0.15) is 0 Å². The molecular formula is C23H24N4O4. The van der Waals surface area contributed by atoms with Crippen molar-refractivity contribution >= 4 is 17.4 Å². The first-order chi connectivity index (χ1) is 15.2. The van der Waals surface area contributed by atoms with Crippen LogP contribution in [-0.4, -0.2) is 56.4 Å². The summed E-state index contributed by atoms with van der Waals surface area (Å²) in [7, 11) is 3.13. The van der Waals surface area contributed by atoms with Crippen molar-refractivity contribution in [2.75, 3.05) is 50.7 Å². The van der Waals surface area contributed by atoms with Crippen LogP contribution in [0.5, 0.6) is 11.5 Å². The smallest absolute Gasteiger partial charge is 0.255 e. The number of nitrogens with one attached hydrogen (secondary N) is 1. The first-order valence-electron chi connectivity index (χ1n) is 9.96. The van der Waals surface area contributed by atoms with Crippen molar-refractivity contribution in [2.45, 2.75) is 0 Å². The largest absolute Gasteiger partial charge is 0.497 e. The molecule has 0 saturated carbocycles. The standard InChI is InChI=1S/C23H24N4O4/c1-29-18-7-8-19(21(13-18)30-2)26-23(28)17-5-3-16(4-6-17)20-14-22(25-15-24-20)27-9-11-31-12-10-27/h3-8,13-15H,9-12H2,1-2H3,(H,26,28). The molecule has 8 heteroatoms. The van der Waals surface area contributed by atoms with Crippen molar-refractivity contribution in [3.05, 3.63) is 60.4 Å². The van der Waals surface area contributed by atoms with E-state index >= 15 is 0 Å². The van der Waals surface area contributed by atoms with Gasteiger partial charge >= 0.3 is 0 Å². The molecule has 160 valence electrons. The summed E-state index contributed by atoms with van der Waals surface area (Å²) in [6, 6.07) is 14.5. The first kappa shape index (κ1) is 20.6. The fourth-order valence-corrected chi connectivity index (χ4v) is 3.36. The predicted molar refractivity (Wildman–Crippen MR) is 118 cm³/mol. The van der Waals surface area contributed by atoms with E-state index in [-0.39, 0.29) is 5.91 Å². The topological polar surface area (TPSA) is 85.8 Å². The van der Waals surface area contributed by atoms with E-state index in [1.807, 2.05) is 18.2 Å². The summed E-state index contributed by atoms with van der Waals surface area (Å²) in [5.41, 5.74) is 2.82. The molecule has 1 saturated heterocycles. The Kier molecular flexibility index (Phi) is 6.28. The highest BCUT2D eigenvalue weighted by Gasteiger charge is 2.14. The van der Waals surface area contributed by atoms with Crippen LogP contribution < -0.4 is 19.7 Å². The van der Waals surface area contributed by atoms with Gasteiger partial charge in [0.15, 0.2) is 0 Å². The number of morpholine rings is 1. The Morgan fingerprint density at radius 1 is 1.00 bits per heavy atom. The van der Waals surface area contributed by atoms with Gasteiger partial charge in [0.25, 0.3) is 5.91 Å². The first-order valence-corrected chi connectivity index (χ1v) is 9.96. The number of amides is 1. The molecule has 4 rings (SSSR count). The minimum Gasteiger partial charge on any atom is -0.497 e. The molecule has 2 aromatic carbocycles. The molecule has 2 heterocycles. The maximum absolute atomic E-state index is 12.7. The number of nitrogens with zero attached hydrogens (tertiary/aromatic N) is 3. The van der Waals surface area contributed by atoms with Crippen LogP contribution in [0.4, 0.5) is 11.5 Å². The molecule has 0 aliphatic carbocycles. The summed E-state index contributed by atoms with van der Waals surface area (Å²) < 4.78 is 15.9. The Hall–Kier alpha value is -3.65. The number of aromatic nitrogens is 2. The Morgan fingerprint density at radius 3 is 2.48 bits per heavy atom. The fourth-order valence-electron chi connectivity index (χ4n) is 3.36. The summed E-state index contributed by atoms with van der Waals surface area (Å²) in [5.74, 6) is 1.83. The van der Waals surface area contributed by atoms with Crippen LogP contribution in [0, 0.1) is 0 Å². The molecule has 0 bridgehead atoms. The molecule has 1 aliphatic rings. The van der Waals surface area contributed by atoms with Crippen molar-refractivity contribution in [1.29, 1.82) is 0 Å². The zero-order valence-corrected chi connectivity index (χ0v) is 17.5. The zero-order valence-electron chi connectivity index (χ0n) is 17.5. The molecule has 1 aliphatic heterocycles. The van der Waals surface area contributed by atoms with Gasteiger partial charge in [-0.15, -0.1) is 0 Å². The number of anilines is 2. The van der Waals surface area contributed by atoms with Gasteiger partial charge in [-0.25, -0.2) is 9.97 Å². The maximum atomic E-state index is 12.7. The van der Waals surface area contributed by atoms with Crippen LogP contribution in [0.2, 0.25) is 0 Å². The molecule has 1 aromatic heterocycles. The molecule has 1 fully saturated rings. The molecule has 0 unspecified atom stereocenters. The van der Waals surface area contributed by atoms with E-state index in [1.54, 1.807) is 50.9 Å². The van der Waals surface area contributed by atoms with Crippen molar-refractivity contribution in [1.82, 2.24) is 9.97 Å². The quantitative estimate of drug-likeness (QED) is 0.655. The molecule has 1 N–H and O–H groups in total. The van der Waals surface area contributed by atoms with Gasteiger partial charge < -0.3 is 24.4 Å². The van der Waals surface area contributed by atoms with Gasteiger partial charge in [0.2, 0.25) is 0 Å². The average molecular weight is 420 g/mol. The molecule has 0 spiro atoms. The number of methoxy groups -OCH3 is 2. The van der Waals surface area contributed by atoms with E-state index in [4.69, 9.17) is 14.2 Å². The highest BCUT2D eigenvalue weighted by Crippen LogP contribution is 2.29. The third-order valence-electron chi connectivity index (χ3n) is 5.09. The lowest BCUT2D eigenvalue weighted by Gasteiger charge is -2.27. The minimum atomic E-state index is -0.230. The highest BCUT2D eigenvalue weighted by atomic mass is 16.5. The summed E-state index contributed by atoms with van der Waals surface area (Å²) in [6.07, 6.45) is 1.57. The minimum absolute atomic E-state index is 0.230. The summed E-state index contributed by atoms with van der Waals surface area (Å²) in [5, 5.41) is 2.88. The number of hydrogen-bond acceptors (Lipinski definition) is 7. The third-order valence-corrected chi connectivity index (χ3v) is 5.09. The van der Waals surface area contributed by atoms with Gasteiger partial charge in [-0.05, 0) is 24.3 Å². The lowest BCUT2D eigenvalue weighted by atomic mass is 10.1. The normalized spacial score (nSPS) is 13.5.